The molecule has 0 spiro atoms. The van der Waals surface area contributed by atoms with Gasteiger partial charge < -0.3 is 24.1 Å². The van der Waals surface area contributed by atoms with Crippen molar-refractivity contribution in [2.75, 3.05) is 32.7 Å². The first-order valence-corrected chi connectivity index (χ1v) is 12.4. The smallest absolute Gasteiger partial charge is 0.433 e. The molecule has 0 saturated carbocycles. The van der Waals surface area contributed by atoms with Crippen LogP contribution in [0, 0.1) is 0 Å². The summed E-state index contributed by atoms with van der Waals surface area (Å²) in [6, 6.07) is 9.48. The Morgan fingerprint density at radius 2 is 1.84 bits per heavy atom. The van der Waals surface area contributed by atoms with Crippen molar-refractivity contribution in [3.63, 3.8) is 0 Å². The number of benzene rings is 1. The number of nitrogens with zero attached hydrogens (tertiary/aromatic N) is 3. The third-order valence-electron chi connectivity index (χ3n) is 5.21. The summed E-state index contributed by atoms with van der Waals surface area (Å²) in [7, 11) is 4.75. The molecule has 8 nitrogen and oxygen atoms in total. The van der Waals surface area contributed by atoms with Gasteiger partial charge in [-0.25, -0.2) is 9.97 Å². The van der Waals surface area contributed by atoms with Crippen molar-refractivity contribution in [1.82, 2.24) is 15.3 Å². The van der Waals surface area contributed by atoms with E-state index in [0.717, 1.165) is 23.4 Å². The van der Waals surface area contributed by atoms with Crippen molar-refractivity contribution < 1.29 is 31.9 Å². The summed E-state index contributed by atoms with van der Waals surface area (Å²) in [6.45, 7) is 4.05. The summed E-state index contributed by atoms with van der Waals surface area (Å²) in [6.07, 6.45) is -4.09. The standard InChI is InChI=1S/C25H29F3N4O4S/c1-15(2)29-23(33)19-9-7-17(36-19)14-37-24-30-21(25(26,27)28)13-22(31-24)32(3)11-10-16-6-8-18(34-4)20(12-16)35-5/h6-9,12-13,15H,10-11,14H2,1-5H3,(H,29,33). The van der Waals surface area contributed by atoms with Crippen molar-refractivity contribution in [2.24, 2.45) is 0 Å². The van der Waals surface area contributed by atoms with E-state index >= 15 is 0 Å². The first-order chi connectivity index (χ1) is 17.5. The van der Waals surface area contributed by atoms with Crippen LogP contribution in [-0.4, -0.2) is 49.7 Å². The van der Waals surface area contributed by atoms with E-state index in [4.69, 9.17) is 13.9 Å². The Bertz CT molecular complexity index is 1220. The normalized spacial score (nSPS) is 11.5. The summed E-state index contributed by atoms with van der Waals surface area (Å²) >= 11 is 0.993. The Morgan fingerprint density at radius 1 is 1.11 bits per heavy atom. The largest absolute Gasteiger partial charge is 0.493 e. The van der Waals surface area contributed by atoms with Crippen LogP contribution in [0.25, 0.3) is 0 Å². The molecule has 200 valence electrons. The van der Waals surface area contributed by atoms with Crippen molar-refractivity contribution in [1.29, 1.82) is 0 Å². The number of aromatic nitrogens is 2. The lowest BCUT2D eigenvalue weighted by molar-refractivity contribution is -0.141. The van der Waals surface area contributed by atoms with Gasteiger partial charge in [0, 0.05) is 25.7 Å². The van der Waals surface area contributed by atoms with Gasteiger partial charge in [0.2, 0.25) is 0 Å². The van der Waals surface area contributed by atoms with E-state index in [2.05, 4.69) is 15.3 Å². The fraction of sp³-hybridized carbons (Fsp3) is 0.400. The number of rotatable bonds is 11. The van der Waals surface area contributed by atoms with E-state index < -0.39 is 11.9 Å². The monoisotopic (exact) mass is 538 g/mol. The molecular formula is C25H29F3N4O4S. The molecule has 0 atom stereocenters. The van der Waals surface area contributed by atoms with Crippen molar-refractivity contribution in [2.45, 2.75) is 43.4 Å². The number of anilines is 1. The molecule has 1 N–H and O–H groups in total. The second kappa shape index (κ2) is 12.2. The number of hydrogen-bond acceptors (Lipinski definition) is 8. The van der Waals surface area contributed by atoms with Crippen LogP contribution in [0.1, 0.15) is 41.4 Å². The highest BCUT2D eigenvalue weighted by atomic mass is 32.2. The van der Waals surface area contributed by atoms with Gasteiger partial charge >= 0.3 is 6.18 Å². The Labute approximate surface area is 217 Å². The van der Waals surface area contributed by atoms with E-state index in [9.17, 15) is 18.0 Å². The molecule has 37 heavy (non-hydrogen) atoms. The molecule has 1 amide bonds. The second-order valence-corrected chi connectivity index (χ2v) is 9.38. The number of carbonyl (C=O) groups is 1. The van der Waals surface area contributed by atoms with E-state index in [1.807, 2.05) is 26.0 Å². The lowest BCUT2D eigenvalue weighted by atomic mass is 10.1. The number of likely N-dealkylation sites (N-methyl/N-ethyl adjacent to an activating group) is 1. The summed E-state index contributed by atoms with van der Waals surface area (Å²) in [5.41, 5.74) is -0.103. The molecule has 1 aromatic carbocycles. The third kappa shape index (κ3) is 7.78. The van der Waals surface area contributed by atoms with Crippen LogP contribution < -0.4 is 19.7 Å². The first kappa shape index (κ1) is 28.2. The SMILES string of the molecule is COc1ccc(CCN(C)c2cc(C(F)(F)F)nc(SCc3ccc(C(=O)NC(C)C)o3)n2)cc1OC. The summed E-state index contributed by atoms with van der Waals surface area (Å²) in [4.78, 5) is 21.7. The van der Waals surface area contributed by atoms with Crippen molar-refractivity contribution in [3.05, 3.63) is 59.2 Å². The highest BCUT2D eigenvalue weighted by Gasteiger charge is 2.34. The number of furan rings is 1. The number of alkyl halides is 3. The number of halogens is 3. The maximum absolute atomic E-state index is 13.6. The number of carbonyl (C=O) groups excluding carboxylic acids is 1. The maximum atomic E-state index is 13.6. The van der Waals surface area contributed by atoms with Crippen LogP contribution >= 0.6 is 11.8 Å². The van der Waals surface area contributed by atoms with Gasteiger partial charge in [0.1, 0.15) is 11.6 Å². The fourth-order valence-electron chi connectivity index (χ4n) is 3.31. The Balaban J connectivity index is 1.73. The highest BCUT2D eigenvalue weighted by molar-refractivity contribution is 7.98. The number of ether oxygens (including phenoxy) is 2. The predicted molar refractivity (Wildman–Crippen MR) is 134 cm³/mol. The minimum Gasteiger partial charge on any atom is -0.493 e. The summed E-state index contributed by atoms with van der Waals surface area (Å²) in [5, 5.41) is 2.67. The van der Waals surface area contributed by atoms with Crippen LogP contribution in [0.15, 0.2) is 46.0 Å². The van der Waals surface area contributed by atoms with Gasteiger partial charge in [-0.1, -0.05) is 17.8 Å². The van der Waals surface area contributed by atoms with Crippen molar-refractivity contribution in [3.8, 4) is 11.5 Å². The molecule has 0 bridgehead atoms. The zero-order chi connectivity index (χ0) is 27.2. The highest BCUT2D eigenvalue weighted by Crippen LogP contribution is 2.32. The van der Waals surface area contributed by atoms with Crippen LogP contribution in [0.3, 0.4) is 0 Å². The molecule has 0 radical (unpaired) electrons. The molecule has 3 aromatic rings. The van der Waals surface area contributed by atoms with E-state index in [1.165, 1.54) is 13.2 Å². The molecule has 12 heteroatoms. The molecule has 0 aliphatic heterocycles. The molecule has 0 aliphatic rings. The van der Waals surface area contributed by atoms with E-state index in [0.29, 0.717) is 30.2 Å². The number of nitrogens with one attached hydrogen (secondary N) is 1. The van der Waals surface area contributed by atoms with Gasteiger partial charge in [0.15, 0.2) is 28.1 Å². The van der Waals surface area contributed by atoms with E-state index in [-0.39, 0.29) is 34.4 Å². The second-order valence-electron chi connectivity index (χ2n) is 8.44. The lowest BCUT2D eigenvalue weighted by Crippen LogP contribution is -2.29. The van der Waals surface area contributed by atoms with Gasteiger partial charge in [0.25, 0.3) is 5.91 Å². The van der Waals surface area contributed by atoms with Crippen LogP contribution in [-0.2, 0) is 18.3 Å². The van der Waals surface area contributed by atoms with Crippen LogP contribution in [0.2, 0.25) is 0 Å². The van der Waals surface area contributed by atoms with Gasteiger partial charge in [-0.15, -0.1) is 0 Å². The number of amides is 1. The number of hydrogen-bond donors (Lipinski definition) is 1. The number of thioether (sulfide) groups is 1. The zero-order valence-corrected chi connectivity index (χ0v) is 22.0. The predicted octanol–water partition coefficient (Wildman–Crippen LogP) is 5.22. The Hall–Kier alpha value is -3.41. The average Bonchev–Trinajstić information content (AvgIpc) is 3.34. The molecule has 3 rings (SSSR count). The Morgan fingerprint density at radius 3 is 2.49 bits per heavy atom. The van der Waals surface area contributed by atoms with Crippen LogP contribution in [0.5, 0.6) is 11.5 Å². The quantitative estimate of drug-likeness (QED) is 0.263. The molecule has 2 heterocycles. The minimum atomic E-state index is -4.63. The van der Waals surface area contributed by atoms with Crippen LogP contribution in [0.4, 0.5) is 19.0 Å². The molecule has 2 aromatic heterocycles. The Kier molecular flexibility index (Phi) is 9.30. The van der Waals surface area contributed by atoms with Crippen molar-refractivity contribution >= 4 is 23.5 Å². The average molecular weight is 539 g/mol. The van der Waals surface area contributed by atoms with Gasteiger partial charge in [-0.2, -0.15) is 13.2 Å². The summed E-state index contributed by atoms with van der Waals surface area (Å²) in [5.74, 6) is 1.65. The maximum Gasteiger partial charge on any atom is 0.433 e. The fourth-order valence-corrected chi connectivity index (χ4v) is 4.06. The molecule has 0 fully saturated rings. The topological polar surface area (TPSA) is 89.7 Å². The zero-order valence-electron chi connectivity index (χ0n) is 21.2. The van der Waals surface area contributed by atoms with Gasteiger partial charge in [0.05, 0.1) is 20.0 Å². The molecular weight excluding hydrogens is 509 g/mol. The minimum absolute atomic E-state index is 0.0487. The molecule has 0 saturated heterocycles. The van der Waals surface area contributed by atoms with Gasteiger partial charge in [-0.3, -0.25) is 4.79 Å². The molecule has 0 unspecified atom stereocenters. The lowest BCUT2D eigenvalue weighted by Gasteiger charge is -2.20. The third-order valence-corrected chi connectivity index (χ3v) is 6.08. The van der Waals surface area contributed by atoms with E-state index in [1.54, 1.807) is 31.2 Å². The number of methoxy groups -OCH3 is 2. The summed E-state index contributed by atoms with van der Waals surface area (Å²) < 4.78 is 56.8. The molecule has 0 aliphatic carbocycles. The van der Waals surface area contributed by atoms with Gasteiger partial charge in [-0.05, 0) is 50.1 Å². The first-order valence-electron chi connectivity index (χ1n) is 11.4.